The second kappa shape index (κ2) is 7.90. The van der Waals surface area contributed by atoms with Gasteiger partial charge in [0.15, 0.2) is 0 Å². The first-order chi connectivity index (χ1) is 13.3. The maximum absolute atomic E-state index is 13.1. The van der Waals surface area contributed by atoms with Crippen LogP contribution < -0.4 is 10.1 Å². The van der Waals surface area contributed by atoms with Gasteiger partial charge < -0.3 is 20.1 Å². The lowest BCUT2D eigenvalue weighted by molar-refractivity contribution is -0.111. The summed E-state index contributed by atoms with van der Waals surface area (Å²) < 4.78 is 5.12. The third kappa shape index (κ3) is 3.66. The van der Waals surface area contributed by atoms with Crippen molar-refractivity contribution in [2.24, 2.45) is 0 Å². The number of anilines is 1. The van der Waals surface area contributed by atoms with E-state index in [0.717, 1.165) is 11.3 Å². The maximum Gasteiger partial charge on any atom is 0.258 e. The van der Waals surface area contributed by atoms with Crippen molar-refractivity contribution in [3.05, 3.63) is 58.4 Å². The summed E-state index contributed by atoms with van der Waals surface area (Å²) in [7, 11) is 1.44. The first-order valence-electron chi connectivity index (χ1n) is 8.62. The summed E-state index contributed by atoms with van der Waals surface area (Å²) in [5.41, 5.74) is 2.84. The fourth-order valence-electron chi connectivity index (χ4n) is 3.18. The predicted molar refractivity (Wildman–Crippen MR) is 106 cm³/mol. The highest BCUT2D eigenvalue weighted by molar-refractivity contribution is 6.33. The van der Waals surface area contributed by atoms with Crippen LogP contribution >= 0.6 is 11.6 Å². The minimum Gasteiger partial charge on any atom is -0.507 e. The number of amides is 2. The third-order valence-corrected chi connectivity index (χ3v) is 5.13. The Kier molecular flexibility index (Phi) is 5.56. The number of phenols is 1. The summed E-state index contributed by atoms with van der Waals surface area (Å²) in [6.45, 7) is 5.85. The van der Waals surface area contributed by atoms with Crippen molar-refractivity contribution in [1.29, 1.82) is 0 Å². The monoisotopic (exact) mass is 401 g/mol. The number of rotatable bonds is 4. The average Bonchev–Trinajstić information content (AvgIpc) is 2.69. The molecule has 1 aromatic heterocycles. The Hall–Kier alpha value is -3.06. The number of nitrogens with zero attached hydrogens (tertiary/aromatic N) is 2. The second-order valence-corrected chi connectivity index (χ2v) is 6.79. The van der Waals surface area contributed by atoms with E-state index in [2.05, 4.69) is 16.9 Å². The quantitative estimate of drug-likeness (QED) is 0.768. The molecule has 0 fully saturated rings. The van der Waals surface area contributed by atoms with Gasteiger partial charge in [-0.2, -0.15) is 0 Å². The molecule has 0 saturated heterocycles. The zero-order chi connectivity index (χ0) is 20.4. The second-order valence-electron chi connectivity index (χ2n) is 6.41. The molecule has 0 radical (unpaired) electrons. The van der Waals surface area contributed by atoms with Crippen molar-refractivity contribution < 1.29 is 19.4 Å². The Morgan fingerprint density at radius 1 is 1.43 bits per heavy atom. The number of hydrogen-bond acceptors (Lipinski definition) is 5. The summed E-state index contributed by atoms with van der Waals surface area (Å²) in [5.74, 6) is -0.534. The number of hydrogen-bond donors (Lipinski definition) is 2. The van der Waals surface area contributed by atoms with Crippen molar-refractivity contribution in [3.8, 4) is 11.5 Å². The largest absolute Gasteiger partial charge is 0.507 e. The molecule has 7 nitrogen and oxygen atoms in total. The molecule has 8 heteroatoms. The van der Waals surface area contributed by atoms with Gasteiger partial charge in [-0.1, -0.05) is 18.2 Å². The number of aromatic hydroxyl groups is 1. The highest BCUT2D eigenvalue weighted by atomic mass is 35.5. The number of ether oxygens (including phenoxy) is 1. The standard InChI is InChI=1S/C20H20ClN3O4/c1-4-17(26)23-13-7-12-10-24(6-5-14(12)22-9-13)20(27)18-11(2)19(21)16(28-3)8-15(18)25/h4,7-9,25H,1,5-6,10H2,2-3H3,(H,23,26). The van der Waals surface area contributed by atoms with Gasteiger partial charge >= 0.3 is 0 Å². The number of halogens is 1. The molecule has 0 atom stereocenters. The molecule has 0 unspecified atom stereocenters. The number of phenolic OH excluding ortho intramolecular Hbond substituents is 1. The summed E-state index contributed by atoms with van der Waals surface area (Å²) in [6.07, 6.45) is 3.33. The van der Waals surface area contributed by atoms with Crippen LogP contribution in [0.5, 0.6) is 11.5 Å². The van der Waals surface area contributed by atoms with Gasteiger partial charge in [-0.3, -0.25) is 14.6 Å². The average molecular weight is 402 g/mol. The van der Waals surface area contributed by atoms with Gasteiger partial charge in [0, 0.05) is 31.3 Å². The van der Waals surface area contributed by atoms with E-state index < -0.39 is 0 Å². The van der Waals surface area contributed by atoms with Crippen LogP contribution in [0.1, 0.15) is 27.2 Å². The van der Waals surface area contributed by atoms with Crippen LogP contribution in [0, 0.1) is 6.92 Å². The summed E-state index contributed by atoms with van der Waals surface area (Å²) in [4.78, 5) is 30.6. The molecule has 2 amide bonds. The minimum absolute atomic E-state index is 0.151. The minimum atomic E-state index is -0.334. The smallest absolute Gasteiger partial charge is 0.258 e. The topological polar surface area (TPSA) is 91.8 Å². The molecule has 0 spiro atoms. The Labute approximate surface area is 167 Å². The number of carbonyl (C=O) groups excluding carboxylic acids is 2. The molecular weight excluding hydrogens is 382 g/mol. The first-order valence-corrected chi connectivity index (χ1v) is 9.00. The van der Waals surface area contributed by atoms with Crippen molar-refractivity contribution in [3.63, 3.8) is 0 Å². The normalized spacial score (nSPS) is 12.9. The van der Waals surface area contributed by atoms with Gasteiger partial charge in [0.25, 0.3) is 5.91 Å². The highest BCUT2D eigenvalue weighted by Gasteiger charge is 2.28. The number of pyridine rings is 1. The molecule has 3 rings (SSSR count). The fraction of sp³-hybridized carbons (Fsp3) is 0.250. The Morgan fingerprint density at radius 2 is 2.18 bits per heavy atom. The fourth-order valence-corrected chi connectivity index (χ4v) is 3.41. The van der Waals surface area contributed by atoms with Gasteiger partial charge in [-0.15, -0.1) is 0 Å². The van der Waals surface area contributed by atoms with E-state index in [4.69, 9.17) is 16.3 Å². The number of carbonyl (C=O) groups is 2. The Balaban J connectivity index is 1.88. The number of fused-ring (bicyclic) bond motifs is 1. The van der Waals surface area contributed by atoms with E-state index in [9.17, 15) is 14.7 Å². The molecule has 0 saturated carbocycles. The van der Waals surface area contributed by atoms with Gasteiger partial charge in [-0.05, 0) is 30.2 Å². The van der Waals surface area contributed by atoms with Crippen LogP contribution in [-0.4, -0.2) is 40.5 Å². The third-order valence-electron chi connectivity index (χ3n) is 4.66. The first kappa shape index (κ1) is 19.7. The van der Waals surface area contributed by atoms with E-state index in [1.54, 1.807) is 24.1 Å². The van der Waals surface area contributed by atoms with Gasteiger partial charge in [0.1, 0.15) is 11.5 Å². The lowest BCUT2D eigenvalue weighted by Crippen LogP contribution is -2.36. The lowest BCUT2D eigenvalue weighted by atomic mass is 10.0. The molecule has 2 N–H and O–H groups in total. The predicted octanol–water partition coefficient (Wildman–Crippen LogP) is 3.08. The summed E-state index contributed by atoms with van der Waals surface area (Å²) >= 11 is 6.25. The molecule has 1 aliphatic heterocycles. The number of methoxy groups -OCH3 is 1. The zero-order valence-corrected chi connectivity index (χ0v) is 16.3. The molecule has 2 aromatic rings. The van der Waals surface area contributed by atoms with Gasteiger partial charge in [-0.25, -0.2) is 0 Å². The summed E-state index contributed by atoms with van der Waals surface area (Å²) in [6, 6.07) is 3.13. The van der Waals surface area contributed by atoms with Crippen LogP contribution in [0.25, 0.3) is 0 Å². The van der Waals surface area contributed by atoms with Crippen LogP contribution in [0.2, 0.25) is 5.02 Å². The van der Waals surface area contributed by atoms with Crippen LogP contribution in [-0.2, 0) is 17.8 Å². The van der Waals surface area contributed by atoms with Gasteiger partial charge in [0.05, 0.1) is 29.6 Å². The van der Waals surface area contributed by atoms with E-state index in [1.807, 2.05) is 0 Å². The number of nitrogens with one attached hydrogen (secondary N) is 1. The maximum atomic E-state index is 13.1. The van der Waals surface area contributed by atoms with E-state index in [0.29, 0.717) is 36.5 Å². The van der Waals surface area contributed by atoms with Crippen molar-refractivity contribution in [2.45, 2.75) is 19.9 Å². The molecule has 2 heterocycles. The Bertz CT molecular complexity index is 974. The van der Waals surface area contributed by atoms with Crippen LogP contribution in [0.4, 0.5) is 5.69 Å². The molecule has 1 aliphatic rings. The number of aromatic nitrogens is 1. The van der Waals surface area contributed by atoms with Crippen molar-refractivity contribution >= 4 is 29.1 Å². The van der Waals surface area contributed by atoms with Crippen LogP contribution in [0.15, 0.2) is 31.0 Å². The Morgan fingerprint density at radius 3 is 2.86 bits per heavy atom. The molecular formula is C20H20ClN3O4. The highest BCUT2D eigenvalue weighted by Crippen LogP contribution is 2.37. The number of benzene rings is 1. The van der Waals surface area contributed by atoms with Crippen molar-refractivity contribution in [1.82, 2.24) is 9.88 Å². The zero-order valence-electron chi connectivity index (χ0n) is 15.6. The molecule has 0 bridgehead atoms. The van der Waals surface area contributed by atoms with E-state index in [1.165, 1.54) is 19.3 Å². The van der Waals surface area contributed by atoms with E-state index in [-0.39, 0.29) is 28.1 Å². The van der Waals surface area contributed by atoms with Gasteiger partial charge in [0.2, 0.25) is 5.91 Å². The lowest BCUT2D eigenvalue weighted by Gasteiger charge is -2.29. The molecule has 146 valence electrons. The van der Waals surface area contributed by atoms with Crippen molar-refractivity contribution in [2.75, 3.05) is 19.0 Å². The molecule has 0 aliphatic carbocycles. The summed E-state index contributed by atoms with van der Waals surface area (Å²) in [5, 5.41) is 13.3. The SMILES string of the molecule is C=CC(=O)Nc1cnc2c(c1)CN(C(=O)c1c(O)cc(OC)c(Cl)c1C)CC2. The van der Waals surface area contributed by atoms with Crippen LogP contribution in [0.3, 0.4) is 0 Å². The molecule has 28 heavy (non-hydrogen) atoms. The van der Waals surface area contributed by atoms with E-state index >= 15 is 0 Å². The molecule has 1 aromatic carbocycles.